The number of aromatic nitrogens is 3. The van der Waals surface area contributed by atoms with Gasteiger partial charge in [-0.3, -0.25) is 9.78 Å². The predicted molar refractivity (Wildman–Crippen MR) is 131 cm³/mol. The normalized spacial score (nSPS) is 18.2. The Balaban J connectivity index is 1.38. The van der Waals surface area contributed by atoms with Crippen molar-refractivity contribution in [3.8, 4) is 11.4 Å². The van der Waals surface area contributed by atoms with Crippen molar-refractivity contribution < 1.29 is 31.1 Å². The van der Waals surface area contributed by atoms with E-state index in [-0.39, 0.29) is 35.3 Å². The van der Waals surface area contributed by atoms with Gasteiger partial charge in [0.1, 0.15) is 5.82 Å². The van der Waals surface area contributed by atoms with E-state index < -0.39 is 23.5 Å². The highest BCUT2D eigenvalue weighted by molar-refractivity contribution is 5.98. The molecule has 202 valence electrons. The maximum Gasteiger partial charge on any atom is 0.416 e. The fourth-order valence-electron chi connectivity index (χ4n) is 5.24. The maximum absolute atomic E-state index is 13.5. The Morgan fingerprint density at radius 2 is 1.62 bits per heavy atom. The van der Waals surface area contributed by atoms with Crippen LogP contribution >= 0.6 is 0 Å². The van der Waals surface area contributed by atoms with Crippen molar-refractivity contribution in [2.45, 2.75) is 43.6 Å². The van der Waals surface area contributed by atoms with Crippen LogP contribution in [0.2, 0.25) is 0 Å². The van der Waals surface area contributed by atoms with Gasteiger partial charge in [0.05, 0.1) is 22.2 Å². The summed E-state index contributed by atoms with van der Waals surface area (Å²) in [5.74, 6) is -0.0217. The molecule has 1 unspecified atom stereocenters. The van der Waals surface area contributed by atoms with E-state index >= 15 is 0 Å². The standard InChI is InChI=1S/C28H22F6N4O/c29-27(30,31)20-10-19(11-21(13-20)28(32,33)34)25-36-23-12-16(3-6-24(23)38(25)22-4-5-22)26(39)37-9-7-18(15-37)17-2-1-8-35-14-17/h1-3,6,8,10-14,18,22H,4-5,7,9,15H2. The highest BCUT2D eigenvalue weighted by atomic mass is 19.4. The molecule has 4 aromatic rings. The van der Waals surface area contributed by atoms with Gasteiger partial charge in [-0.2, -0.15) is 26.3 Å². The van der Waals surface area contributed by atoms with Crippen LogP contribution in [-0.2, 0) is 12.4 Å². The molecule has 2 aromatic heterocycles. The molecule has 2 aromatic carbocycles. The Morgan fingerprint density at radius 3 is 2.23 bits per heavy atom. The third-order valence-corrected chi connectivity index (χ3v) is 7.33. The fraction of sp³-hybridized carbons (Fsp3) is 0.321. The molecule has 6 rings (SSSR count). The van der Waals surface area contributed by atoms with Gasteiger partial charge >= 0.3 is 12.4 Å². The molecule has 2 fully saturated rings. The number of fused-ring (bicyclic) bond motifs is 1. The first-order chi connectivity index (χ1) is 18.5. The van der Waals surface area contributed by atoms with Crippen molar-refractivity contribution >= 4 is 16.9 Å². The lowest BCUT2D eigenvalue weighted by molar-refractivity contribution is -0.143. The number of alkyl halides is 6. The number of nitrogens with zero attached hydrogens (tertiary/aromatic N) is 4. The van der Waals surface area contributed by atoms with Crippen molar-refractivity contribution in [3.63, 3.8) is 0 Å². The van der Waals surface area contributed by atoms with Gasteiger partial charge in [-0.1, -0.05) is 6.07 Å². The highest BCUT2D eigenvalue weighted by Gasteiger charge is 2.38. The van der Waals surface area contributed by atoms with Gasteiger partial charge < -0.3 is 9.47 Å². The number of likely N-dealkylation sites (tertiary alicyclic amines) is 1. The molecule has 1 saturated carbocycles. The average Bonchev–Trinajstić information content (AvgIpc) is 3.48. The van der Waals surface area contributed by atoms with E-state index in [4.69, 9.17) is 0 Å². The number of halogens is 6. The number of pyridine rings is 1. The van der Waals surface area contributed by atoms with Gasteiger partial charge in [0.2, 0.25) is 0 Å². The van der Waals surface area contributed by atoms with Crippen LogP contribution < -0.4 is 0 Å². The van der Waals surface area contributed by atoms with Crippen LogP contribution in [0.3, 0.4) is 0 Å². The van der Waals surface area contributed by atoms with Gasteiger partial charge in [-0.25, -0.2) is 4.98 Å². The van der Waals surface area contributed by atoms with Gasteiger partial charge in [0.25, 0.3) is 5.91 Å². The van der Waals surface area contributed by atoms with Crippen LogP contribution in [0, 0.1) is 0 Å². The lowest BCUT2D eigenvalue weighted by atomic mass is 10.0. The Kier molecular flexibility index (Phi) is 5.92. The van der Waals surface area contributed by atoms with Gasteiger partial charge in [-0.15, -0.1) is 0 Å². The van der Waals surface area contributed by atoms with Crippen LogP contribution in [-0.4, -0.2) is 38.4 Å². The Morgan fingerprint density at radius 1 is 0.897 bits per heavy atom. The third-order valence-electron chi connectivity index (χ3n) is 7.33. The first kappa shape index (κ1) is 25.4. The second kappa shape index (κ2) is 9.10. The van der Waals surface area contributed by atoms with E-state index in [2.05, 4.69) is 9.97 Å². The summed E-state index contributed by atoms with van der Waals surface area (Å²) in [5, 5.41) is 0. The minimum Gasteiger partial charge on any atom is -0.338 e. The molecule has 39 heavy (non-hydrogen) atoms. The van der Waals surface area contributed by atoms with E-state index in [0.29, 0.717) is 41.8 Å². The monoisotopic (exact) mass is 544 g/mol. The Hall–Kier alpha value is -3.89. The van der Waals surface area contributed by atoms with E-state index in [1.807, 2.05) is 12.1 Å². The van der Waals surface area contributed by atoms with E-state index in [9.17, 15) is 31.1 Å². The largest absolute Gasteiger partial charge is 0.416 e. The van der Waals surface area contributed by atoms with Crippen molar-refractivity contribution in [1.82, 2.24) is 19.4 Å². The van der Waals surface area contributed by atoms with Crippen LogP contribution in [0.1, 0.15) is 58.3 Å². The summed E-state index contributed by atoms with van der Waals surface area (Å²) >= 11 is 0. The number of amides is 1. The van der Waals surface area contributed by atoms with Crippen LogP contribution in [0.4, 0.5) is 26.3 Å². The van der Waals surface area contributed by atoms with E-state index in [1.54, 1.807) is 40.1 Å². The summed E-state index contributed by atoms with van der Waals surface area (Å²) in [6.45, 7) is 1.08. The fourth-order valence-corrected chi connectivity index (χ4v) is 5.24. The summed E-state index contributed by atoms with van der Waals surface area (Å²) in [4.78, 5) is 23.7. The zero-order valence-corrected chi connectivity index (χ0v) is 20.4. The number of hydrogen-bond donors (Lipinski definition) is 0. The van der Waals surface area contributed by atoms with Crippen LogP contribution in [0.25, 0.3) is 22.4 Å². The SMILES string of the molecule is O=C(c1ccc2c(c1)nc(-c1cc(C(F)(F)F)cc(C(F)(F)F)c1)n2C1CC1)N1CCC(c2cccnc2)C1. The zero-order chi connectivity index (χ0) is 27.5. The topological polar surface area (TPSA) is 51.0 Å². The summed E-state index contributed by atoms with van der Waals surface area (Å²) in [7, 11) is 0. The Bertz CT molecular complexity index is 1520. The number of imidazole rings is 1. The minimum atomic E-state index is -4.96. The summed E-state index contributed by atoms with van der Waals surface area (Å²) < 4.78 is 82.8. The lowest BCUT2D eigenvalue weighted by Gasteiger charge is -2.17. The summed E-state index contributed by atoms with van der Waals surface area (Å²) in [6.07, 6.45) is -4.20. The number of carbonyl (C=O) groups excluding carboxylic acids is 1. The molecule has 1 amide bonds. The number of benzene rings is 2. The van der Waals surface area contributed by atoms with Crippen LogP contribution in [0.5, 0.6) is 0 Å². The molecule has 5 nitrogen and oxygen atoms in total. The highest BCUT2D eigenvalue weighted by Crippen LogP contribution is 2.44. The predicted octanol–water partition coefficient (Wildman–Crippen LogP) is 7.10. The molecular weight excluding hydrogens is 522 g/mol. The molecule has 0 bridgehead atoms. The van der Waals surface area contributed by atoms with Crippen molar-refractivity contribution in [1.29, 1.82) is 0 Å². The summed E-state index contributed by atoms with van der Waals surface area (Å²) in [6, 6.07) is 10.1. The molecule has 2 aliphatic rings. The number of hydrogen-bond acceptors (Lipinski definition) is 3. The molecule has 1 aliphatic carbocycles. The average molecular weight is 544 g/mol. The first-order valence-corrected chi connectivity index (χ1v) is 12.5. The Labute approximate surface area is 219 Å². The molecule has 0 spiro atoms. The van der Waals surface area contributed by atoms with E-state index in [0.717, 1.165) is 24.8 Å². The summed E-state index contributed by atoms with van der Waals surface area (Å²) in [5.41, 5.74) is -0.741. The molecule has 1 aliphatic heterocycles. The molecule has 0 N–H and O–H groups in total. The van der Waals surface area contributed by atoms with Crippen molar-refractivity contribution in [2.75, 3.05) is 13.1 Å². The molecule has 3 heterocycles. The second-order valence-electron chi connectivity index (χ2n) is 10.1. The smallest absolute Gasteiger partial charge is 0.338 e. The molecule has 1 saturated heterocycles. The minimum absolute atomic E-state index is 0.0199. The lowest BCUT2D eigenvalue weighted by Crippen LogP contribution is -2.28. The molecular formula is C28H22F6N4O. The first-order valence-electron chi connectivity index (χ1n) is 12.5. The van der Waals surface area contributed by atoms with Crippen molar-refractivity contribution in [2.24, 2.45) is 0 Å². The number of rotatable bonds is 4. The molecule has 1 atom stereocenters. The van der Waals surface area contributed by atoms with Gasteiger partial charge in [-0.05, 0) is 67.3 Å². The van der Waals surface area contributed by atoms with Gasteiger partial charge in [0, 0.05) is 48.6 Å². The quantitative estimate of drug-likeness (QED) is 0.258. The second-order valence-corrected chi connectivity index (χ2v) is 10.1. The van der Waals surface area contributed by atoms with Gasteiger partial charge in [0.15, 0.2) is 0 Å². The third kappa shape index (κ3) is 4.86. The van der Waals surface area contributed by atoms with Crippen molar-refractivity contribution in [3.05, 3.63) is 83.2 Å². The molecule has 0 radical (unpaired) electrons. The molecule has 11 heteroatoms. The van der Waals surface area contributed by atoms with Crippen LogP contribution in [0.15, 0.2) is 60.9 Å². The van der Waals surface area contributed by atoms with E-state index in [1.165, 1.54) is 0 Å². The number of carbonyl (C=O) groups is 1. The maximum atomic E-state index is 13.5. The zero-order valence-electron chi connectivity index (χ0n) is 20.4.